The minimum atomic E-state index is -0.301. The number of fused-ring (bicyclic) bond motifs is 3. The number of methoxy groups -OCH3 is 2. The second-order valence-corrected chi connectivity index (χ2v) is 8.33. The molecule has 0 aliphatic carbocycles. The number of ether oxygens (including phenoxy) is 2. The van der Waals surface area contributed by atoms with E-state index in [4.69, 9.17) is 14.5 Å². The highest BCUT2D eigenvalue weighted by atomic mass is 32.2. The van der Waals surface area contributed by atoms with E-state index in [9.17, 15) is 9.18 Å². The van der Waals surface area contributed by atoms with Crippen LogP contribution in [-0.4, -0.2) is 28.8 Å². The van der Waals surface area contributed by atoms with Crippen LogP contribution in [0.4, 0.5) is 4.39 Å². The van der Waals surface area contributed by atoms with Crippen molar-refractivity contribution in [3.05, 3.63) is 88.5 Å². The molecule has 0 saturated heterocycles. The van der Waals surface area contributed by atoms with Crippen molar-refractivity contribution in [3.8, 4) is 17.2 Å². The van der Waals surface area contributed by atoms with Crippen LogP contribution in [0, 0.1) is 5.82 Å². The van der Waals surface area contributed by atoms with E-state index in [1.165, 1.54) is 23.9 Å². The van der Waals surface area contributed by atoms with Crippen LogP contribution in [0.1, 0.15) is 5.56 Å². The van der Waals surface area contributed by atoms with Crippen LogP contribution >= 0.6 is 11.8 Å². The summed E-state index contributed by atoms with van der Waals surface area (Å²) in [6, 6.07) is 19.3. The molecular formula is C25H20FN3O3S. The summed E-state index contributed by atoms with van der Waals surface area (Å²) in [5.74, 6) is 1.21. The maximum absolute atomic E-state index is 13.7. The average Bonchev–Trinajstić information content (AvgIpc) is 3.21. The molecule has 0 amide bonds. The van der Waals surface area contributed by atoms with Crippen LogP contribution < -0.4 is 15.0 Å². The molecule has 1 N–H and O–H groups in total. The van der Waals surface area contributed by atoms with Gasteiger partial charge in [-0.3, -0.25) is 9.36 Å². The van der Waals surface area contributed by atoms with E-state index < -0.39 is 0 Å². The number of benzene rings is 3. The standard InChI is InChI=1S/C25H20FN3O3S/c1-31-20-11-10-17(13-21(20)32-2)29-24(30)23-22(18-8-3-4-9-19(18)27-23)28-25(29)33-14-15-6-5-7-16(26)12-15/h3-13,27H,14H2,1-2H3. The fraction of sp³-hybridized carbons (Fsp3) is 0.120. The Morgan fingerprint density at radius 2 is 1.82 bits per heavy atom. The topological polar surface area (TPSA) is 69.1 Å². The van der Waals surface area contributed by atoms with Crippen molar-refractivity contribution in [1.82, 2.24) is 14.5 Å². The van der Waals surface area contributed by atoms with Gasteiger partial charge in [0.2, 0.25) is 0 Å². The number of hydrogen-bond acceptors (Lipinski definition) is 5. The van der Waals surface area contributed by atoms with Crippen LogP contribution in [0.5, 0.6) is 11.5 Å². The molecule has 2 aromatic heterocycles. The molecule has 2 heterocycles. The molecule has 166 valence electrons. The number of rotatable bonds is 6. The number of H-pyrrole nitrogens is 1. The molecule has 33 heavy (non-hydrogen) atoms. The summed E-state index contributed by atoms with van der Waals surface area (Å²) in [6.07, 6.45) is 0. The monoisotopic (exact) mass is 461 g/mol. The van der Waals surface area contributed by atoms with Gasteiger partial charge in [0, 0.05) is 22.7 Å². The highest BCUT2D eigenvalue weighted by Crippen LogP contribution is 2.32. The van der Waals surface area contributed by atoms with Crippen molar-refractivity contribution >= 4 is 33.7 Å². The molecule has 0 radical (unpaired) electrons. The van der Waals surface area contributed by atoms with Gasteiger partial charge in [-0.25, -0.2) is 9.37 Å². The maximum atomic E-state index is 13.7. The Morgan fingerprint density at radius 3 is 2.61 bits per heavy atom. The molecule has 0 bridgehead atoms. The Labute approximate surface area is 193 Å². The summed E-state index contributed by atoms with van der Waals surface area (Å²) in [6.45, 7) is 0. The predicted octanol–water partition coefficient (Wildman–Crippen LogP) is 5.32. The summed E-state index contributed by atoms with van der Waals surface area (Å²) in [5.41, 5.74) is 3.02. The van der Waals surface area contributed by atoms with Gasteiger partial charge in [0.05, 0.1) is 19.9 Å². The predicted molar refractivity (Wildman–Crippen MR) is 128 cm³/mol. The molecule has 0 fully saturated rings. The van der Waals surface area contributed by atoms with E-state index in [-0.39, 0.29) is 11.4 Å². The van der Waals surface area contributed by atoms with Crippen LogP contribution in [0.2, 0.25) is 0 Å². The van der Waals surface area contributed by atoms with E-state index in [1.54, 1.807) is 43.1 Å². The van der Waals surface area contributed by atoms with Crippen molar-refractivity contribution in [2.45, 2.75) is 10.9 Å². The number of aromatic amines is 1. The molecule has 0 unspecified atom stereocenters. The lowest BCUT2D eigenvalue weighted by molar-refractivity contribution is 0.354. The second-order valence-electron chi connectivity index (χ2n) is 7.39. The lowest BCUT2D eigenvalue weighted by Gasteiger charge is -2.14. The first-order valence-electron chi connectivity index (χ1n) is 10.2. The average molecular weight is 462 g/mol. The SMILES string of the molecule is COc1ccc(-n2c(SCc3cccc(F)c3)nc3c([nH]c4ccccc43)c2=O)cc1OC. The Balaban J connectivity index is 1.71. The fourth-order valence-corrected chi connectivity index (χ4v) is 4.75. The van der Waals surface area contributed by atoms with Gasteiger partial charge in [-0.1, -0.05) is 42.1 Å². The molecule has 8 heteroatoms. The first kappa shape index (κ1) is 21.1. The Bertz CT molecular complexity index is 1540. The van der Waals surface area contributed by atoms with E-state index >= 15 is 0 Å². The zero-order valence-electron chi connectivity index (χ0n) is 18.0. The third-order valence-corrected chi connectivity index (χ3v) is 6.39. The number of halogens is 1. The van der Waals surface area contributed by atoms with Crippen LogP contribution in [0.3, 0.4) is 0 Å². The molecule has 0 saturated carbocycles. The van der Waals surface area contributed by atoms with Crippen LogP contribution in [0.25, 0.3) is 27.6 Å². The fourth-order valence-electron chi connectivity index (χ4n) is 3.81. The normalized spacial score (nSPS) is 11.2. The summed E-state index contributed by atoms with van der Waals surface area (Å²) in [7, 11) is 3.10. The van der Waals surface area contributed by atoms with Gasteiger partial charge in [-0.2, -0.15) is 0 Å². The van der Waals surface area contributed by atoms with Crippen molar-refractivity contribution in [3.63, 3.8) is 0 Å². The van der Waals surface area contributed by atoms with Crippen LogP contribution in [0.15, 0.2) is 76.7 Å². The maximum Gasteiger partial charge on any atom is 0.283 e. The van der Waals surface area contributed by atoms with Crippen molar-refractivity contribution < 1.29 is 13.9 Å². The number of aromatic nitrogens is 3. The van der Waals surface area contributed by atoms with Gasteiger partial charge in [0.1, 0.15) is 16.9 Å². The zero-order valence-corrected chi connectivity index (χ0v) is 18.8. The summed E-state index contributed by atoms with van der Waals surface area (Å²) < 4.78 is 26.0. The highest BCUT2D eigenvalue weighted by Gasteiger charge is 2.18. The molecule has 6 nitrogen and oxygen atoms in total. The number of thioether (sulfide) groups is 1. The lowest BCUT2D eigenvalue weighted by atomic mass is 10.2. The van der Waals surface area contributed by atoms with E-state index in [0.29, 0.717) is 39.1 Å². The third kappa shape index (κ3) is 3.82. The summed E-state index contributed by atoms with van der Waals surface area (Å²) in [5, 5.41) is 1.37. The van der Waals surface area contributed by atoms with E-state index in [2.05, 4.69) is 4.98 Å². The lowest BCUT2D eigenvalue weighted by Crippen LogP contribution is -2.22. The molecule has 5 rings (SSSR count). The number of nitrogens with zero attached hydrogens (tertiary/aromatic N) is 2. The molecule has 5 aromatic rings. The number of nitrogens with one attached hydrogen (secondary N) is 1. The highest BCUT2D eigenvalue weighted by molar-refractivity contribution is 7.98. The smallest absolute Gasteiger partial charge is 0.283 e. The molecule has 0 spiro atoms. The Kier molecular flexibility index (Phi) is 5.51. The minimum Gasteiger partial charge on any atom is -0.493 e. The van der Waals surface area contributed by atoms with Crippen LogP contribution in [-0.2, 0) is 5.75 Å². The summed E-state index contributed by atoms with van der Waals surface area (Å²) >= 11 is 1.37. The summed E-state index contributed by atoms with van der Waals surface area (Å²) in [4.78, 5) is 21.8. The molecular weight excluding hydrogens is 441 g/mol. The number of hydrogen-bond donors (Lipinski definition) is 1. The van der Waals surface area contributed by atoms with Gasteiger partial charge < -0.3 is 14.5 Å². The quantitative estimate of drug-likeness (QED) is 0.274. The van der Waals surface area contributed by atoms with Gasteiger partial charge in [0.25, 0.3) is 5.56 Å². The first-order chi connectivity index (χ1) is 16.1. The van der Waals surface area contributed by atoms with Gasteiger partial charge in [-0.15, -0.1) is 0 Å². The van der Waals surface area contributed by atoms with Crippen molar-refractivity contribution in [1.29, 1.82) is 0 Å². The van der Waals surface area contributed by atoms with Crippen molar-refractivity contribution in [2.75, 3.05) is 14.2 Å². The number of para-hydroxylation sites is 1. The molecule has 0 atom stereocenters. The van der Waals surface area contributed by atoms with Gasteiger partial charge >= 0.3 is 0 Å². The van der Waals surface area contributed by atoms with E-state index in [1.807, 2.05) is 30.3 Å². The zero-order chi connectivity index (χ0) is 22.9. The first-order valence-corrected chi connectivity index (χ1v) is 11.2. The molecule has 0 aliphatic rings. The van der Waals surface area contributed by atoms with Gasteiger partial charge in [-0.05, 0) is 35.9 Å². The molecule has 0 aliphatic heterocycles. The van der Waals surface area contributed by atoms with Gasteiger partial charge in [0.15, 0.2) is 16.7 Å². The molecule has 3 aromatic carbocycles. The second kappa shape index (κ2) is 8.63. The van der Waals surface area contributed by atoms with E-state index in [0.717, 1.165) is 16.5 Å². The van der Waals surface area contributed by atoms with Crippen molar-refractivity contribution in [2.24, 2.45) is 0 Å². The Hall–Kier alpha value is -3.78. The largest absolute Gasteiger partial charge is 0.493 e. The Morgan fingerprint density at radius 1 is 1.00 bits per heavy atom. The minimum absolute atomic E-state index is 0.231. The third-order valence-electron chi connectivity index (χ3n) is 5.38.